The quantitative estimate of drug-likeness (QED) is 0.766. The number of carboxylic acid groups (broad SMARTS) is 1. The number of hydrogen-bond acceptors (Lipinski definition) is 3. The Morgan fingerprint density at radius 2 is 1.95 bits per heavy atom. The number of nitriles is 1. The zero-order valence-electron chi connectivity index (χ0n) is 11.4. The summed E-state index contributed by atoms with van der Waals surface area (Å²) >= 11 is 0. The maximum absolute atomic E-state index is 11.8. The number of benzene rings is 1. The van der Waals surface area contributed by atoms with Crippen LogP contribution < -0.4 is 10.6 Å². The zero-order valence-corrected chi connectivity index (χ0v) is 11.4. The summed E-state index contributed by atoms with van der Waals surface area (Å²) in [5.74, 6) is -1.23. The minimum absolute atomic E-state index is 0.167. The van der Waals surface area contributed by atoms with Crippen molar-refractivity contribution in [3.05, 3.63) is 29.8 Å². The predicted molar refractivity (Wildman–Crippen MR) is 74.2 cm³/mol. The van der Waals surface area contributed by atoms with Crippen molar-refractivity contribution in [1.82, 2.24) is 5.32 Å². The van der Waals surface area contributed by atoms with Gasteiger partial charge >= 0.3 is 12.0 Å². The molecule has 0 radical (unpaired) electrons. The molecule has 0 saturated heterocycles. The van der Waals surface area contributed by atoms with Gasteiger partial charge in [-0.05, 0) is 30.2 Å². The number of hydrogen-bond donors (Lipinski definition) is 3. The lowest BCUT2D eigenvalue weighted by atomic mass is 9.99. The van der Waals surface area contributed by atoms with E-state index in [0.29, 0.717) is 17.7 Å². The fourth-order valence-electron chi connectivity index (χ4n) is 1.62. The minimum atomic E-state index is -1.06. The van der Waals surface area contributed by atoms with E-state index < -0.39 is 18.0 Å². The van der Waals surface area contributed by atoms with Crippen molar-refractivity contribution in [2.45, 2.75) is 26.3 Å². The number of urea groups is 1. The van der Waals surface area contributed by atoms with Crippen LogP contribution in [0.1, 0.15) is 25.8 Å². The molecule has 0 bridgehead atoms. The highest BCUT2D eigenvalue weighted by atomic mass is 16.4. The summed E-state index contributed by atoms with van der Waals surface area (Å²) in [6, 6.07) is 6.76. The monoisotopic (exact) mass is 275 g/mol. The SMILES string of the molecule is CCC(C)[C@H](NC(=O)Nc1ccc(C#N)cc1)C(=O)O. The Morgan fingerprint density at radius 3 is 2.40 bits per heavy atom. The third-order valence-electron chi connectivity index (χ3n) is 3.04. The molecule has 0 saturated carbocycles. The van der Waals surface area contributed by atoms with Gasteiger partial charge in [0.1, 0.15) is 6.04 Å². The molecule has 1 unspecified atom stereocenters. The van der Waals surface area contributed by atoms with Crippen molar-refractivity contribution in [2.24, 2.45) is 5.92 Å². The van der Waals surface area contributed by atoms with Crippen molar-refractivity contribution in [3.8, 4) is 6.07 Å². The first-order valence-corrected chi connectivity index (χ1v) is 6.28. The number of carbonyl (C=O) groups is 2. The van der Waals surface area contributed by atoms with Crippen LogP contribution in [0, 0.1) is 17.2 Å². The van der Waals surface area contributed by atoms with Gasteiger partial charge in [-0.2, -0.15) is 5.26 Å². The van der Waals surface area contributed by atoms with Crippen LogP contribution in [0.25, 0.3) is 0 Å². The topological polar surface area (TPSA) is 102 Å². The second-order valence-corrected chi connectivity index (χ2v) is 4.49. The molecule has 0 spiro atoms. The first kappa shape index (κ1) is 15.5. The highest BCUT2D eigenvalue weighted by Crippen LogP contribution is 2.10. The molecule has 1 rings (SSSR count). The zero-order chi connectivity index (χ0) is 15.1. The molecule has 20 heavy (non-hydrogen) atoms. The van der Waals surface area contributed by atoms with E-state index in [2.05, 4.69) is 10.6 Å². The Hall–Kier alpha value is -2.55. The largest absolute Gasteiger partial charge is 0.480 e. The summed E-state index contributed by atoms with van der Waals surface area (Å²) < 4.78 is 0. The first-order valence-electron chi connectivity index (χ1n) is 6.28. The smallest absolute Gasteiger partial charge is 0.326 e. The molecular formula is C14H17N3O3. The molecule has 0 aliphatic heterocycles. The molecule has 0 aliphatic rings. The van der Waals surface area contributed by atoms with E-state index in [1.54, 1.807) is 31.2 Å². The molecule has 0 fully saturated rings. The van der Waals surface area contributed by atoms with Crippen LogP contribution in [-0.4, -0.2) is 23.1 Å². The van der Waals surface area contributed by atoms with Crippen molar-refractivity contribution >= 4 is 17.7 Å². The number of anilines is 1. The standard InChI is InChI=1S/C14H17N3O3/c1-3-9(2)12(13(18)19)17-14(20)16-11-6-4-10(8-15)5-7-11/h4-7,9,12H,3H2,1-2H3,(H,18,19)(H2,16,17,20)/t9?,12-/m0/s1. The van der Waals surface area contributed by atoms with Crippen molar-refractivity contribution < 1.29 is 14.7 Å². The van der Waals surface area contributed by atoms with Gasteiger partial charge in [0.2, 0.25) is 0 Å². The van der Waals surface area contributed by atoms with Crippen molar-refractivity contribution in [1.29, 1.82) is 5.26 Å². The van der Waals surface area contributed by atoms with Crippen LogP contribution in [0.4, 0.5) is 10.5 Å². The molecule has 106 valence electrons. The third-order valence-corrected chi connectivity index (χ3v) is 3.04. The lowest BCUT2D eigenvalue weighted by Gasteiger charge is -2.20. The minimum Gasteiger partial charge on any atom is -0.480 e. The first-order chi connectivity index (χ1) is 9.47. The maximum atomic E-state index is 11.8. The fourth-order valence-corrected chi connectivity index (χ4v) is 1.62. The van der Waals surface area contributed by atoms with Gasteiger partial charge in [-0.1, -0.05) is 20.3 Å². The number of carboxylic acids is 1. The van der Waals surface area contributed by atoms with Gasteiger partial charge in [-0.3, -0.25) is 0 Å². The number of carbonyl (C=O) groups excluding carboxylic acids is 1. The van der Waals surface area contributed by atoms with Crippen LogP contribution in [0.5, 0.6) is 0 Å². The summed E-state index contributed by atoms with van der Waals surface area (Å²) in [7, 11) is 0. The van der Waals surface area contributed by atoms with E-state index in [-0.39, 0.29) is 5.92 Å². The summed E-state index contributed by atoms with van der Waals surface area (Å²) in [6.07, 6.45) is 0.647. The van der Waals surface area contributed by atoms with E-state index in [0.717, 1.165) is 0 Å². The molecule has 3 N–H and O–H groups in total. The Bertz CT molecular complexity index is 519. The number of nitrogens with zero attached hydrogens (tertiary/aromatic N) is 1. The van der Waals surface area contributed by atoms with E-state index in [1.165, 1.54) is 0 Å². The van der Waals surface area contributed by atoms with Gasteiger partial charge < -0.3 is 15.7 Å². The summed E-state index contributed by atoms with van der Waals surface area (Å²) in [5, 5.41) is 22.7. The summed E-state index contributed by atoms with van der Waals surface area (Å²) in [6.45, 7) is 3.63. The maximum Gasteiger partial charge on any atom is 0.326 e. The lowest BCUT2D eigenvalue weighted by Crippen LogP contribution is -2.46. The Morgan fingerprint density at radius 1 is 1.35 bits per heavy atom. The molecule has 0 heterocycles. The average Bonchev–Trinajstić information content (AvgIpc) is 2.44. The summed E-state index contributed by atoms with van der Waals surface area (Å²) in [4.78, 5) is 22.8. The molecule has 1 aromatic rings. The predicted octanol–water partition coefficient (Wildman–Crippen LogP) is 2.18. The Balaban J connectivity index is 2.65. The average molecular weight is 275 g/mol. The Kier molecular flexibility index (Phi) is 5.54. The number of rotatable bonds is 5. The Labute approximate surface area is 117 Å². The molecule has 6 nitrogen and oxygen atoms in total. The van der Waals surface area contributed by atoms with Gasteiger partial charge in [-0.25, -0.2) is 9.59 Å². The van der Waals surface area contributed by atoms with Gasteiger partial charge in [0.25, 0.3) is 0 Å². The van der Waals surface area contributed by atoms with Gasteiger partial charge in [0.15, 0.2) is 0 Å². The number of nitrogens with one attached hydrogen (secondary N) is 2. The van der Waals surface area contributed by atoms with Crippen LogP contribution in [-0.2, 0) is 4.79 Å². The second-order valence-electron chi connectivity index (χ2n) is 4.49. The summed E-state index contributed by atoms with van der Waals surface area (Å²) in [5.41, 5.74) is 0.980. The lowest BCUT2D eigenvalue weighted by molar-refractivity contribution is -0.140. The van der Waals surface area contributed by atoms with Crippen LogP contribution >= 0.6 is 0 Å². The van der Waals surface area contributed by atoms with Crippen LogP contribution in [0.3, 0.4) is 0 Å². The third kappa shape index (κ3) is 4.28. The molecule has 1 aromatic carbocycles. The van der Waals surface area contributed by atoms with Crippen molar-refractivity contribution in [3.63, 3.8) is 0 Å². The second kappa shape index (κ2) is 7.14. The molecule has 2 atom stereocenters. The van der Waals surface area contributed by atoms with E-state index in [9.17, 15) is 9.59 Å². The molecule has 0 aliphatic carbocycles. The van der Waals surface area contributed by atoms with Gasteiger partial charge in [-0.15, -0.1) is 0 Å². The van der Waals surface area contributed by atoms with E-state index in [1.807, 2.05) is 13.0 Å². The van der Waals surface area contributed by atoms with E-state index >= 15 is 0 Å². The van der Waals surface area contributed by atoms with Crippen LogP contribution in [0.15, 0.2) is 24.3 Å². The highest BCUT2D eigenvalue weighted by molar-refractivity contribution is 5.92. The number of aliphatic carboxylic acids is 1. The number of amides is 2. The highest BCUT2D eigenvalue weighted by Gasteiger charge is 2.25. The van der Waals surface area contributed by atoms with Crippen molar-refractivity contribution in [2.75, 3.05) is 5.32 Å². The van der Waals surface area contributed by atoms with Gasteiger partial charge in [0, 0.05) is 5.69 Å². The molecule has 0 aromatic heterocycles. The molecule has 2 amide bonds. The normalized spacial score (nSPS) is 12.8. The molecule has 6 heteroatoms. The molecular weight excluding hydrogens is 258 g/mol. The van der Waals surface area contributed by atoms with Gasteiger partial charge in [0.05, 0.1) is 11.6 Å². The van der Waals surface area contributed by atoms with Crippen LogP contribution in [0.2, 0.25) is 0 Å². The van der Waals surface area contributed by atoms with E-state index in [4.69, 9.17) is 10.4 Å². The fraction of sp³-hybridized carbons (Fsp3) is 0.357.